The maximum Gasteiger partial charge on any atom is 0.281 e. The van der Waals surface area contributed by atoms with Crippen LogP contribution in [-0.2, 0) is 10.7 Å². The summed E-state index contributed by atoms with van der Waals surface area (Å²) < 4.78 is 35.4. The zero-order valence-electron chi connectivity index (χ0n) is 14.2. The highest BCUT2D eigenvalue weighted by molar-refractivity contribution is 7.85. The molecule has 0 fully saturated rings. The smallest absolute Gasteiger partial charge is 0.281 e. The molecule has 0 saturated heterocycles. The third-order valence-electron chi connectivity index (χ3n) is 4.01. The second-order valence-corrected chi connectivity index (χ2v) is 7.28. The van der Waals surface area contributed by atoms with Crippen molar-refractivity contribution in [2.45, 2.75) is 11.3 Å². The van der Waals surface area contributed by atoms with Crippen LogP contribution in [0.15, 0.2) is 60.0 Å². The Balaban J connectivity index is 1.81. The van der Waals surface area contributed by atoms with E-state index >= 15 is 0 Å². The van der Waals surface area contributed by atoms with E-state index in [4.69, 9.17) is 4.78 Å². The summed E-state index contributed by atoms with van der Waals surface area (Å²) in [6, 6.07) is 9.41. The van der Waals surface area contributed by atoms with Crippen molar-refractivity contribution in [3.05, 3.63) is 60.8 Å². The fourth-order valence-corrected chi connectivity index (χ4v) is 3.26. The molecule has 0 spiro atoms. The van der Waals surface area contributed by atoms with Crippen molar-refractivity contribution in [1.82, 2.24) is 24.3 Å². The summed E-state index contributed by atoms with van der Waals surface area (Å²) in [5.74, 6) is 0.373. The molecule has 0 bridgehead atoms. The van der Waals surface area contributed by atoms with Crippen LogP contribution in [-0.4, -0.2) is 30.6 Å². The van der Waals surface area contributed by atoms with Gasteiger partial charge in [0.05, 0.1) is 18.1 Å². The molecule has 136 valence electrons. The number of halogens is 2. The lowest BCUT2D eigenvalue weighted by Gasteiger charge is -2.07. The Morgan fingerprint density at radius 1 is 1.11 bits per heavy atom. The molecule has 1 unspecified atom stereocenters. The second-order valence-electron chi connectivity index (χ2n) is 5.79. The predicted octanol–water partition coefficient (Wildman–Crippen LogP) is 4.16. The van der Waals surface area contributed by atoms with Crippen LogP contribution in [0.4, 0.5) is 8.78 Å². The van der Waals surface area contributed by atoms with Crippen LogP contribution in [0.2, 0.25) is 0 Å². The van der Waals surface area contributed by atoms with E-state index in [-0.39, 0.29) is 5.69 Å². The van der Waals surface area contributed by atoms with Gasteiger partial charge in [-0.3, -0.25) is 9.18 Å². The summed E-state index contributed by atoms with van der Waals surface area (Å²) in [7, 11) is -0.609. The van der Waals surface area contributed by atoms with Gasteiger partial charge in [-0.1, -0.05) is 22.8 Å². The molecular weight excluding hydrogens is 370 g/mol. The van der Waals surface area contributed by atoms with E-state index in [1.807, 2.05) is 30.5 Å². The van der Waals surface area contributed by atoms with Gasteiger partial charge in [0.25, 0.3) is 6.43 Å². The first-order valence-corrected chi connectivity index (χ1v) is 9.58. The third kappa shape index (κ3) is 3.33. The first-order chi connectivity index (χ1) is 13.0. The minimum atomic E-state index is -2.67. The van der Waals surface area contributed by atoms with Crippen molar-refractivity contribution in [2.24, 2.45) is 0 Å². The van der Waals surface area contributed by atoms with Crippen molar-refractivity contribution in [1.29, 1.82) is 4.78 Å². The summed E-state index contributed by atoms with van der Waals surface area (Å²) in [6.07, 6.45) is 4.86. The highest BCUT2D eigenvalue weighted by atomic mass is 32.2. The maximum atomic E-state index is 13.0. The monoisotopic (exact) mass is 384 g/mol. The lowest BCUT2D eigenvalue weighted by Crippen LogP contribution is -1.99. The largest absolute Gasteiger partial charge is 0.294 e. The average molecular weight is 384 g/mol. The minimum Gasteiger partial charge on any atom is -0.294 e. The van der Waals surface area contributed by atoms with Gasteiger partial charge in [-0.25, -0.2) is 28.7 Å². The van der Waals surface area contributed by atoms with Gasteiger partial charge in [-0.05, 0) is 24.5 Å². The Bertz CT molecular complexity index is 1160. The number of aromatic nitrogens is 5. The number of rotatable bonds is 4. The number of hydrogen-bond donors (Lipinski definition) is 1. The third-order valence-corrected chi connectivity index (χ3v) is 4.97. The van der Waals surface area contributed by atoms with Crippen molar-refractivity contribution in [3.8, 4) is 22.8 Å². The molecule has 4 rings (SSSR count). The normalized spacial score (nSPS) is 12.6. The van der Waals surface area contributed by atoms with Gasteiger partial charge in [-0.15, -0.1) is 0 Å². The molecule has 1 aromatic carbocycles. The molecule has 27 heavy (non-hydrogen) atoms. The summed E-state index contributed by atoms with van der Waals surface area (Å²) in [4.78, 5) is 17.7. The van der Waals surface area contributed by atoms with Crippen molar-refractivity contribution in [2.75, 3.05) is 6.26 Å². The highest BCUT2D eigenvalue weighted by Crippen LogP contribution is 2.24. The number of nitrogens with zero attached hydrogens (tertiary/aromatic N) is 5. The molecule has 4 aromatic rings. The average Bonchev–Trinajstić information content (AvgIpc) is 3.11. The van der Waals surface area contributed by atoms with Gasteiger partial charge in [0.2, 0.25) is 0 Å². The molecule has 3 heterocycles. The minimum absolute atomic E-state index is 0.337. The number of fused-ring (bicyclic) bond motifs is 1. The van der Waals surface area contributed by atoms with Gasteiger partial charge in [0.1, 0.15) is 11.4 Å². The predicted molar refractivity (Wildman–Crippen MR) is 98.7 cm³/mol. The SMILES string of the molecule is CS(=N)c1cccc(-c2ccnc(-c3cnc4cnc(C(F)F)cn34)n2)c1. The molecule has 0 saturated carbocycles. The summed E-state index contributed by atoms with van der Waals surface area (Å²) >= 11 is 0. The zero-order chi connectivity index (χ0) is 19.0. The maximum absolute atomic E-state index is 13.0. The van der Waals surface area contributed by atoms with E-state index < -0.39 is 17.1 Å². The van der Waals surface area contributed by atoms with Gasteiger partial charge >= 0.3 is 0 Å². The second kappa shape index (κ2) is 6.92. The van der Waals surface area contributed by atoms with E-state index in [2.05, 4.69) is 19.9 Å². The number of benzene rings is 1. The molecule has 3 aromatic heterocycles. The van der Waals surface area contributed by atoms with E-state index in [0.717, 1.165) is 10.5 Å². The van der Waals surface area contributed by atoms with Crippen molar-refractivity contribution < 1.29 is 8.78 Å². The van der Waals surface area contributed by atoms with Crippen LogP contribution in [0, 0.1) is 4.78 Å². The zero-order valence-corrected chi connectivity index (χ0v) is 15.0. The Hall–Kier alpha value is -3.07. The Kier molecular flexibility index (Phi) is 4.44. The molecule has 6 nitrogen and oxygen atoms in total. The van der Waals surface area contributed by atoms with Crippen LogP contribution >= 0.6 is 0 Å². The molecule has 1 atom stereocenters. The highest BCUT2D eigenvalue weighted by Gasteiger charge is 2.14. The van der Waals surface area contributed by atoms with Crippen molar-refractivity contribution in [3.63, 3.8) is 0 Å². The quantitative estimate of drug-likeness (QED) is 0.573. The molecule has 0 aliphatic heterocycles. The van der Waals surface area contributed by atoms with Gasteiger partial charge < -0.3 is 0 Å². The van der Waals surface area contributed by atoms with Crippen LogP contribution < -0.4 is 0 Å². The van der Waals surface area contributed by atoms with E-state index in [9.17, 15) is 8.78 Å². The van der Waals surface area contributed by atoms with E-state index in [1.165, 1.54) is 23.0 Å². The van der Waals surface area contributed by atoms with Gasteiger partial charge in [0, 0.05) is 22.9 Å². The number of nitrogens with one attached hydrogen (secondary N) is 1. The summed E-state index contributed by atoms with van der Waals surface area (Å²) in [6.45, 7) is 0. The van der Waals surface area contributed by atoms with Crippen LogP contribution in [0.5, 0.6) is 0 Å². The summed E-state index contributed by atoms with van der Waals surface area (Å²) in [5, 5.41) is 0. The molecular formula is C18H14F2N6S. The first kappa shape index (κ1) is 17.3. The summed E-state index contributed by atoms with van der Waals surface area (Å²) in [5.41, 5.74) is 2.16. The number of imidazole rings is 1. The van der Waals surface area contributed by atoms with Crippen LogP contribution in [0.1, 0.15) is 12.1 Å². The van der Waals surface area contributed by atoms with Gasteiger partial charge in [-0.2, -0.15) is 0 Å². The van der Waals surface area contributed by atoms with E-state index in [0.29, 0.717) is 22.9 Å². The fraction of sp³-hybridized carbons (Fsp3) is 0.111. The molecule has 9 heteroatoms. The number of hydrogen-bond acceptors (Lipinski definition) is 5. The fourth-order valence-electron chi connectivity index (χ4n) is 2.67. The molecule has 0 amide bonds. The standard InChI is InChI=1S/C18H14F2N6S/c1-27(21)12-4-2-3-11(7-12)13-5-6-22-18(25-13)15-8-24-16-9-23-14(17(19)20)10-26(15)16/h2-10,17,21H,1H3. The van der Waals surface area contributed by atoms with Crippen LogP contribution in [0.3, 0.4) is 0 Å². The number of alkyl halides is 2. The first-order valence-electron chi connectivity index (χ1n) is 7.95. The van der Waals surface area contributed by atoms with Crippen molar-refractivity contribution >= 4 is 16.3 Å². The molecule has 0 aliphatic carbocycles. The Morgan fingerprint density at radius 3 is 2.74 bits per heavy atom. The lowest BCUT2D eigenvalue weighted by molar-refractivity contribution is 0.145. The molecule has 1 N–H and O–H groups in total. The molecule has 0 aliphatic rings. The molecule has 0 radical (unpaired) electrons. The van der Waals surface area contributed by atoms with Gasteiger partial charge in [0.15, 0.2) is 11.5 Å². The lowest BCUT2D eigenvalue weighted by atomic mass is 10.1. The van der Waals surface area contributed by atoms with Crippen LogP contribution in [0.25, 0.3) is 28.4 Å². The topological polar surface area (TPSA) is 79.8 Å². The van der Waals surface area contributed by atoms with E-state index in [1.54, 1.807) is 12.3 Å². The Morgan fingerprint density at radius 2 is 1.96 bits per heavy atom. The Labute approximate surface area is 155 Å².